The molecule has 3 rings (SSSR count). The van der Waals surface area contributed by atoms with Crippen LogP contribution in [-0.4, -0.2) is 21.0 Å². The monoisotopic (exact) mass is 352 g/mol. The molecule has 1 unspecified atom stereocenters. The van der Waals surface area contributed by atoms with Gasteiger partial charge in [0.2, 0.25) is 0 Å². The van der Waals surface area contributed by atoms with Crippen LogP contribution in [0.25, 0.3) is 0 Å². The average molecular weight is 353 g/mol. The van der Waals surface area contributed by atoms with E-state index >= 15 is 0 Å². The van der Waals surface area contributed by atoms with Crippen LogP contribution in [0.4, 0.5) is 0 Å². The molecule has 0 amide bonds. The topological polar surface area (TPSA) is 69.7 Å². The number of hydrogen-bond donors (Lipinski definition) is 0. The summed E-state index contributed by atoms with van der Waals surface area (Å²) in [5.74, 6) is -0.546. The number of aryl methyl sites for hydroxylation is 1. The standard InChI is InChI=1S/C16H13ClO5S/c1-10-2-5-12(6-3-10)23(19,20)22-15-9-21-16(18)14-8-11(17)4-7-13(14)15/h2-8,15H,9H2,1H3. The minimum atomic E-state index is -3.97. The number of ether oxygens (including phenoxy) is 1. The molecule has 0 aliphatic carbocycles. The number of cyclic esters (lactones) is 1. The quantitative estimate of drug-likeness (QED) is 0.626. The maximum atomic E-state index is 12.4. The summed E-state index contributed by atoms with van der Waals surface area (Å²) in [4.78, 5) is 11.8. The van der Waals surface area contributed by atoms with Crippen LogP contribution in [0.2, 0.25) is 5.02 Å². The fourth-order valence-electron chi connectivity index (χ4n) is 2.30. The highest BCUT2D eigenvalue weighted by Crippen LogP contribution is 2.32. The van der Waals surface area contributed by atoms with Gasteiger partial charge in [-0.15, -0.1) is 0 Å². The van der Waals surface area contributed by atoms with Gasteiger partial charge in [0.15, 0.2) is 0 Å². The van der Waals surface area contributed by atoms with Gasteiger partial charge in [0.25, 0.3) is 10.1 Å². The molecule has 0 aromatic heterocycles. The molecule has 2 aromatic rings. The molecule has 5 nitrogen and oxygen atoms in total. The van der Waals surface area contributed by atoms with Crippen molar-refractivity contribution in [1.82, 2.24) is 0 Å². The predicted octanol–water partition coefficient (Wildman–Crippen LogP) is 3.27. The number of hydrogen-bond acceptors (Lipinski definition) is 5. The summed E-state index contributed by atoms with van der Waals surface area (Å²) in [6.07, 6.45) is -0.897. The highest BCUT2D eigenvalue weighted by molar-refractivity contribution is 7.86. The van der Waals surface area contributed by atoms with Crippen LogP contribution in [0.3, 0.4) is 0 Å². The Morgan fingerprint density at radius 3 is 2.57 bits per heavy atom. The number of rotatable bonds is 3. The second kappa shape index (κ2) is 5.96. The number of benzene rings is 2. The maximum absolute atomic E-state index is 12.4. The van der Waals surface area contributed by atoms with Crippen LogP contribution >= 0.6 is 11.6 Å². The van der Waals surface area contributed by atoms with E-state index in [2.05, 4.69) is 0 Å². The fraction of sp³-hybridized carbons (Fsp3) is 0.188. The van der Waals surface area contributed by atoms with Crippen molar-refractivity contribution in [2.75, 3.05) is 6.61 Å². The van der Waals surface area contributed by atoms with Crippen molar-refractivity contribution in [3.63, 3.8) is 0 Å². The van der Waals surface area contributed by atoms with Crippen molar-refractivity contribution in [3.8, 4) is 0 Å². The zero-order valence-corrected chi connectivity index (χ0v) is 13.7. The molecule has 1 heterocycles. The molecule has 23 heavy (non-hydrogen) atoms. The number of esters is 1. The first kappa shape index (κ1) is 16.0. The lowest BCUT2D eigenvalue weighted by atomic mass is 10.0. The van der Waals surface area contributed by atoms with Gasteiger partial charge >= 0.3 is 5.97 Å². The lowest BCUT2D eigenvalue weighted by Crippen LogP contribution is -2.26. The Hall–Kier alpha value is -1.89. The average Bonchev–Trinajstić information content (AvgIpc) is 2.50. The molecular weight excluding hydrogens is 340 g/mol. The first-order valence-corrected chi connectivity index (χ1v) is 8.62. The Labute approximate surface area is 138 Å². The van der Waals surface area contributed by atoms with Gasteiger partial charge in [0.1, 0.15) is 12.7 Å². The molecule has 0 saturated heterocycles. The first-order valence-electron chi connectivity index (χ1n) is 6.83. The van der Waals surface area contributed by atoms with Crippen LogP contribution in [0, 0.1) is 6.92 Å². The summed E-state index contributed by atoms with van der Waals surface area (Å²) in [5.41, 5.74) is 1.60. The highest BCUT2D eigenvalue weighted by atomic mass is 35.5. The molecule has 0 N–H and O–H groups in total. The molecular formula is C16H13ClO5S. The minimum Gasteiger partial charge on any atom is -0.459 e. The van der Waals surface area contributed by atoms with Gasteiger partial charge in [0, 0.05) is 10.6 Å². The van der Waals surface area contributed by atoms with Gasteiger partial charge in [0.05, 0.1) is 10.5 Å². The molecule has 0 fully saturated rings. The first-order chi connectivity index (χ1) is 10.9. The van der Waals surface area contributed by atoms with Crippen LogP contribution in [0.1, 0.15) is 27.6 Å². The van der Waals surface area contributed by atoms with E-state index in [9.17, 15) is 13.2 Å². The van der Waals surface area contributed by atoms with Gasteiger partial charge < -0.3 is 4.74 Å². The molecule has 0 spiro atoms. The van der Waals surface area contributed by atoms with Crippen LogP contribution in [0.15, 0.2) is 47.4 Å². The van der Waals surface area contributed by atoms with E-state index in [1.165, 1.54) is 18.2 Å². The van der Waals surface area contributed by atoms with E-state index in [-0.39, 0.29) is 17.1 Å². The molecule has 0 saturated carbocycles. The number of carbonyl (C=O) groups excluding carboxylic acids is 1. The van der Waals surface area contributed by atoms with Crippen molar-refractivity contribution < 1.29 is 22.1 Å². The summed E-state index contributed by atoms with van der Waals surface area (Å²) < 4.78 is 35.0. The SMILES string of the molecule is Cc1ccc(S(=O)(=O)OC2COC(=O)c3cc(Cl)ccc32)cc1. The van der Waals surface area contributed by atoms with E-state index in [0.717, 1.165) is 5.56 Å². The summed E-state index contributed by atoms with van der Waals surface area (Å²) in [5, 5.41) is 0.364. The van der Waals surface area contributed by atoms with Gasteiger partial charge in [-0.3, -0.25) is 4.18 Å². The van der Waals surface area contributed by atoms with E-state index in [4.69, 9.17) is 20.5 Å². The van der Waals surface area contributed by atoms with Crippen LogP contribution in [0.5, 0.6) is 0 Å². The van der Waals surface area contributed by atoms with Crippen molar-refractivity contribution in [3.05, 3.63) is 64.2 Å². The Morgan fingerprint density at radius 2 is 1.87 bits per heavy atom. The third-order valence-corrected chi connectivity index (χ3v) is 5.07. The number of halogens is 1. The van der Waals surface area contributed by atoms with Crippen molar-refractivity contribution >= 4 is 27.7 Å². The van der Waals surface area contributed by atoms with Gasteiger partial charge in [-0.25, -0.2) is 4.79 Å². The third kappa shape index (κ3) is 3.24. The van der Waals surface area contributed by atoms with Gasteiger partial charge in [-0.05, 0) is 31.2 Å². The van der Waals surface area contributed by atoms with Crippen molar-refractivity contribution in [2.45, 2.75) is 17.9 Å². The lowest BCUT2D eigenvalue weighted by molar-refractivity contribution is 0.0242. The second-order valence-electron chi connectivity index (χ2n) is 5.18. The van der Waals surface area contributed by atoms with Crippen LogP contribution < -0.4 is 0 Å². The predicted molar refractivity (Wildman–Crippen MR) is 83.9 cm³/mol. The molecule has 1 atom stereocenters. The molecule has 120 valence electrons. The minimum absolute atomic E-state index is 0.0514. The Balaban J connectivity index is 1.93. The van der Waals surface area contributed by atoms with Crippen molar-refractivity contribution in [1.29, 1.82) is 0 Å². The van der Waals surface area contributed by atoms with Crippen LogP contribution in [-0.2, 0) is 19.0 Å². The Morgan fingerprint density at radius 1 is 1.17 bits per heavy atom. The summed E-state index contributed by atoms with van der Waals surface area (Å²) in [6, 6.07) is 10.9. The number of carbonyl (C=O) groups is 1. The largest absolute Gasteiger partial charge is 0.459 e. The molecule has 0 bridgehead atoms. The summed E-state index contributed by atoms with van der Waals surface area (Å²) >= 11 is 5.87. The molecule has 1 aliphatic rings. The molecule has 1 aliphatic heterocycles. The maximum Gasteiger partial charge on any atom is 0.338 e. The summed E-state index contributed by atoms with van der Waals surface area (Å²) in [7, 11) is -3.97. The zero-order valence-electron chi connectivity index (χ0n) is 12.2. The normalized spacial score (nSPS) is 17.5. The van der Waals surface area contributed by atoms with Gasteiger partial charge in [-0.2, -0.15) is 8.42 Å². The lowest BCUT2D eigenvalue weighted by Gasteiger charge is -2.24. The van der Waals surface area contributed by atoms with E-state index < -0.39 is 22.2 Å². The van der Waals surface area contributed by atoms with Gasteiger partial charge in [-0.1, -0.05) is 35.4 Å². The van der Waals surface area contributed by atoms with Crippen molar-refractivity contribution in [2.24, 2.45) is 0 Å². The molecule has 7 heteroatoms. The molecule has 0 radical (unpaired) electrons. The Bertz CT molecular complexity index is 859. The summed E-state index contributed by atoms with van der Waals surface area (Å²) in [6.45, 7) is 1.69. The molecule has 2 aromatic carbocycles. The van der Waals surface area contributed by atoms with E-state index in [0.29, 0.717) is 10.6 Å². The fourth-order valence-corrected chi connectivity index (χ4v) is 3.52. The third-order valence-electron chi connectivity index (χ3n) is 3.50. The Kier molecular flexibility index (Phi) is 4.14. The number of fused-ring (bicyclic) bond motifs is 1. The highest BCUT2D eigenvalue weighted by Gasteiger charge is 2.32. The van der Waals surface area contributed by atoms with E-state index in [1.807, 2.05) is 6.92 Å². The second-order valence-corrected chi connectivity index (χ2v) is 7.19. The van der Waals surface area contributed by atoms with E-state index in [1.54, 1.807) is 24.3 Å². The smallest absolute Gasteiger partial charge is 0.338 e. The zero-order chi connectivity index (χ0) is 16.6.